The van der Waals surface area contributed by atoms with Crippen molar-refractivity contribution in [2.75, 3.05) is 33.4 Å². The first-order valence-electron chi connectivity index (χ1n) is 7.32. The third-order valence-electron chi connectivity index (χ3n) is 3.95. The van der Waals surface area contributed by atoms with Crippen molar-refractivity contribution < 1.29 is 19.4 Å². The summed E-state index contributed by atoms with van der Waals surface area (Å²) >= 11 is 0. The van der Waals surface area contributed by atoms with Crippen LogP contribution < -0.4 is 5.32 Å². The molecule has 114 valence electrons. The summed E-state index contributed by atoms with van der Waals surface area (Å²) in [5.41, 5.74) is 0. The van der Waals surface area contributed by atoms with Crippen LogP contribution in [0.5, 0.6) is 0 Å². The summed E-state index contributed by atoms with van der Waals surface area (Å²) in [5, 5.41) is 11.8. The lowest BCUT2D eigenvalue weighted by atomic mass is 10.1. The molecule has 6 nitrogen and oxygen atoms in total. The molecule has 0 aromatic rings. The Morgan fingerprint density at radius 2 is 2.30 bits per heavy atom. The van der Waals surface area contributed by atoms with Gasteiger partial charge in [-0.15, -0.1) is 0 Å². The number of hydrogen-bond acceptors (Lipinski definition) is 4. The van der Waals surface area contributed by atoms with Crippen LogP contribution >= 0.6 is 0 Å². The standard InChI is InChI=1S/C14H24N2O4/c1-20-9-12(4-5-17)15-14(19)11-6-13(18)16(8-11)7-10-2-3-10/h10-12,17H,2-9H2,1H3,(H,15,19). The molecule has 0 aromatic heterocycles. The lowest BCUT2D eigenvalue weighted by molar-refractivity contribution is -0.129. The quantitative estimate of drug-likeness (QED) is 0.645. The largest absolute Gasteiger partial charge is 0.396 e. The van der Waals surface area contributed by atoms with Crippen molar-refractivity contribution in [2.45, 2.75) is 31.7 Å². The summed E-state index contributed by atoms with van der Waals surface area (Å²) in [5.74, 6) is 0.366. The Labute approximate surface area is 119 Å². The van der Waals surface area contributed by atoms with E-state index in [1.807, 2.05) is 4.90 Å². The highest BCUT2D eigenvalue weighted by molar-refractivity contribution is 5.89. The predicted molar refractivity (Wildman–Crippen MR) is 72.9 cm³/mol. The van der Waals surface area contributed by atoms with Crippen LogP contribution in [0.4, 0.5) is 0 Å². The van der Waals surface area contributed by atoms with Gasteiger partial charge >= 0.3 is 0 Å². The molecule has 2 amide bonds. The minimum Gasteiger partial charge on any atom is -0.396 e. The zero-order chi connectivity index (χ0) is 14.5. The van der Waals surface area contributed by atoms with Crippen molar-refractivity contribution in [2.24, 2.45) is 11.8 Å². The number of nitrogens with one attached hydrogen (secondary N) is 1. The van der Waals surface area contributed by atoms with E-state index in [4.69, 9.17) is 9.84 Å². The number of amides is 2. The summed E-state index contributed by atoms with van der Waals surface area (Å²) in [6, 6.07) is -0.190. The van der Waals surface area contributed by atoms with Gasteiger partial charge in [-0.2, -0.15) is 0 Å². The van der Waals surface area contributed by atoms with Gasteiger partial charge in [-0.25, -0.2) is 0 Å². The molecule has 2 rings (SSSR count). The minimum atomic E-state index is -0.265. The second-order valence-corrected chi connectivity index (χ2v) is 5.82. The second kappa shape index (κ2) is 7.04. The number of methoxy groups -OCH3 is 1. The molecular formula is C14H24N2O4. The number of likely N-dealkylation sites (tertiary alicyclic amines) is 1. The highest BCUT2D eigenvalue weighted by Crippen LogP contribution is 2.32. The normalized spacial score (nSPS) is 24.0. The average Bonchev–Trinajstić information content (AvgIpc) is 3.14. The molecule has 1 aliphatic heterocycles. The maximum Gasteiger partial charge on any atom is 0.225 e. The molecule has 1 heterocycles. The first kappa shape index (κ1) is 15.3. The van der Waals surface area contributed by atoms with Gasteiger partial charge in [0.05, 0.1) is 18.6 Å². The van der Waals surface area contributed by atoms with Crippen LogP contribution in [0.15, 0.2) is 0 Å². The highest BCUT2D eigenvalue weighted by atomic mass is 16.5. The van der Waals surface area contributed by atoms with Crippen molar-refractivity contribution in [1.29, 1.82) is 0 Å². The first-order valence-corrected chi connectivity index (χ1v) is 7.32. The SMILES string of the molecule is COCC(CCO)NC(=O)C1CC(=O)N(CC2CC2)C1. The molecule has 0 aromatic carbocycles. The van der Waals surface area contributed by atoms with Gasteiger partial charge in [0.15, 0.2) is 0 Å². The van der Waals surface area contributed by atoms with Gasteiger partial charge in [-0.1, -0.05) is 0 Å². The van der Waals surface area contributed by atoms with E-state index in [0.717, 1.165) is 6.54 Å². The van der Waals surface area contributed by atoms with Gasteiger partial charge in [0.1, 0.15) is 0 Å². The summed E-state index contributed by atoms with van der Waals surface area (Å²) in [6.45, 7) is 1.71. The summed E-state index contributed by atoms with van der Waals surface area (Å²) in [6.07, 6.45) is 3.17. The van der Waals surface area contributed by atoms with Gasteiger partial charge in [-0.3, -0.25) is 9.59 Å². The van der Waals surface area contributed by atoms with Gasteiger partial charge in [0.2, 0.25) is 11.8 Å². The maximum absolute atomic E-state index is 12.2. The number of hydrogen-bond donors (Lipinski definition) is 2. The van der Waals surface area contributed by atoms with E-state index in [2.05, 4.69) is 5.32 Å². The van der Waals surface area contributed by atoms with E-state index >= 15 is 0 Å². The fraction of sp³-hybridized carbons (Fsp3) is 0.857. The van der Waals surface area contributed by atoms with E-state index in [-0.39, 0.29) is 30.4 Å². The molecule has 2 unspecified atom stereocenters. The molecule has 0 radical (unpaired) electrons. The fourth-order valence-electron chi connectivity index (χ4n) is 2.61. The van der Waals surface area contributed by atoms with Gasteiger partial charge in [-0.05, 0) is 25.2 Å². The third kappa shape index (κ3) is 4.18. The van der Waals surface area contributed by atoms with Gasteiger partial charge < -0.3 is 20.1 Å². The van der Waals surface area contributed by atoms with E-state index in [1.54, 1.807) is 7.11 Å². The number of carbonyl (C=O) groups excluding carboxylic acids is 2. The maximum atomic E-state index is 12.2. The summed E-state index contributed by atoms with van der Waals surface area (Å²) in [4.78, 5) is 25.9. The molecule has 1 aliphatic carbocycles. The Morgan fingerprint density at radius 1 is 1.55 bits per heavy atom. The van der Waals surface area contributed by atoms with Crippen LogP contribution in [0.3, 0.4) is 0 Å². The lowest BCUT2D eigenvalue weighted by Crippen LogP contribution is -2.42. The molecule has 1 saturated carbocycles. The number of ether oxygens (including phenoxy) is 1. The first-order chi connectivity index (χ1) is 9.63. The highest BCUT2D eigenvalue weighted by Gasteiger charge is 2.37. The Kier molecular flexibility index (Phi) is 5.37. The van der Waals surface area contributed by atoms with Crippen molar-refractivity contribution in [3.05, 3.63) is 0 Å². The Hall–Kier alpha value is -1.14. The van der Waals surface area contributed by atoms with Crippen LogP contribution in [-0.4, -0.2) is 61.3 Å². The molecule has 2 aliphatic rings. The molecule has 2 fully saturated rings. The van der Waals surface area contributed by atoms with Crippen molar-refractivity contribution in [1.82, 2.24) is 10.2 Å². The van der Waals surface area contributed by atoms with Crippen molar-refractivity contribution >= 4 is 11.8 Å². The second-order valence-electron chi connectivity index (χ2n) is 5.82. The van der Waals surface area contributed by atoms with Gasteiger partial charge in [0.25, 0.3) is 0 Å². The monoisotopic (exact) mass is 284 g/mol. The summed E-state index contributed by atoms with van der Waals surface area (Å²) in [7, 11) is 1.56. The van der Waals surface area contributed by atoms with Crippen LogP contribution in [0, 0.1) is 11.8 Å². The molecule has 0 spiro atoms. The molecule has 1 saturated heterocycles. The summed E-state index contributed by atoms with van der Waals surface area (Å²) < 4.78 is 5.02. The molecule has 20 heavy (non-hydrogen) atoms. The van der Waals surface area contributed by atoms with Crippen LogP contribution in [0.1, 0.15) is 25.7 Å². The van der Waals surface area contributed by atoms with Crippen molar-refractivity contribution in [3.63, 3.8) is 0 Å². The number of nitrogens with zero attached hydrogens (tertiary/aromatic N) is 1. The van der Waals surface area contributed by atoms with E-state index in [1.165, 1.54) is 12.8 Å². The zero-order valence-corrected chi connectivity index (χ0v) is 12.0. The minimum absolute atomic E-state index is 0.00566. The Morgan fingerprint density at radius 3 is 2.90 bits per heavy atom. The molecule has 0 bridgehead atoms. The lowest BCUT2D eigenvalue weighted by Gasteiger charge is -2.20. The zero-order valence-electron chi connectivity index (χ0n) is 12.0. The Bertz CT molecular complexity index is 351. The van der Waals surface area contributed by atoms with E-state index in [0.29, 0.717) is 31.9 Å². The van der Waals surface area contributed by atoms with Crippen LogP contribution in [-0.2, 0) is 14.3 Å². The molecular weight excluding hydrogens is 260 g/mol. The third-order valence-corrected chi connectivity index (χ3v) is 3.95. The smallest absolute Gasteiger partial charge is 0.225 e. The molecule has 6 heteroatoms. The molecule has 2 N–H and O–H groups in total. The Balaban J connectivity index is 1.81. The van der Waals surface area contributed by atoms with Gasteiger partial charge in [0, 0.05) is 33.2 Å². The number of aliphatic hydroxyl groups is 1. The average molecular weight is 284 g/mol. The number of rotatable bonds is 8. The van der Waals surface area contributed by atoms with E-state index in [9.17, 15) is 9.59 Å². The topological polar surface area (TPSA) is 78.9 Å². The van der Waals surface area contributed by atoms with Crippen molar-refractivity contribution in [3.8, 4) is 0 Å². The fourth-order valence-corrected chi connectivity index (χ4v) is 2.61. The van der Waals surface area contributed by atoms with Crippen LogP contribution in [0.25, 0.3) is 0 Å². The number of carbonyl (C=O) groups is 2. The molecule has 2 atom stereocenters. The number of aliphatic hydroxyl groups excluding tert-OH is 1. The van der Waals surface area contributed by atoms with E-state index < -0.39 is 0 Å². The van der Waals surface area contributed by atoms with Crippen LogP contribution in [0.2, 0.25) is 0 Å². The predicted octanol–water partition coefficient (Wildman–Crippen LogP) is -0.241.